The third-order valence-electron chi connectivity index (χ3n) is 5.56. The molecule has 2 aromatic heterocycles. The molecule has 7 heteroatoms. The molecule has 0 aromatic carbocycles. The van der Waals surface area contributed by atoms with E-state index in [2.05, 4.69) is 10.1 Å². The zero-order valence-corrected chi connectivity index (χ0v) is 14.8. The number of aryl methyl sites for hydroxylation is 1. The zero-order chi connectivity index (χ0) is 18.3. The van der Waals surface area contributed by atoms with Gasteiger partial charge in [-0.25, -0.2) is 0 Å². The Kier molecular flexibility index (Phi) is 4.22. The summed E-state index contributed by atoms with van der Waals surface area (Å²) < 4.78 is 1.81. The molecule has 136 valence electrons. The van der Waals surface area contributed by atoms with Crippen molar-refractivity contribution in [2.45, 2.75) is 31.6 Å². The molecule has 1 aliphatic carbocycles. The lowest BCUT2D eigenvalue weighted by Gasteiger charge is -2.17. The number of likely N-dealkylation sites (tertiary alicyclic amines) is 1. The molecule has 2 aromatic rings. The molecule has 0 spiro atoms. The minimum absolute atomic E-state index is 0.159. The fourth-order valence-electron chi connectivity index (χ4n) is 4.21. The summed E-state index contributed by atoms with van der Waals surface area (Å²) in [4.78, 5) is 30.8. The van der Waals surface area contributed by atoms with Crippen molar-refractivity contribution >= 4 is 11.9 Å². The fraction of sp³-hybridized carbons (Fsp3) is 0.474. The zero-order valence-electron chi connectivity index (χ0n) is 14.8. The summed E-state index contributed by atoms with van der Waals surface area (Å²) in [6, 6.07) is 5.48. The van der Waals surface area contributed by atoms with Crippen molar-refractivity contribution in [3.63, 3.8) is 0 Å². The Morgan fingerprint density at radius 1 is 1.19 bits per heavy atom. The van der Waals surface area contributed by atoms with Crippen LogP contribution in [0.5, 0.6) is 0 Å². The molecule has 26 heavy (non-hydrogen) atoms. The van der Waals surface area contributed by atoms with Crippen molar-refractivity contribution in [3.05, 3.63) is 47.0 Å². The van der Waals surface area contributed by atoms with E-state index in [0.717, 1.165) is 42.6 Å². The van der Waals surface area contributed by atoms with Gasteiger partial charge in [-0.05, 0) is 37.8 Å². The van der Waals surface area contributed by atoms with Gasteiger partial charge in [-0.1, -0.05) is 6.07 Å². The highest BCUT2D eigenvalue weighted by Gasteiger charge is 2.42. The Bertz CT molecular complexity index is 846. The molecular formula is C19H22N4O3. The Morgan fingerprint density at radius 3 is 2.73 bits per heavy atom. The van der Waals surface area contributed by atoms with Crippen molar-refractivity contribution in [2.75, 3.05) is 13.1 Å². The minimum atomic E-state index is -0.890. The van der Waals surface area contributed by atoms with Crippen molar-refractivity contribution in [2.24, 2.45) is 13.0 Å². The molecule has 3 heterocycles. The average Bonchev–Trinajstić information content (AvgIpc) is 3.25. The molecule has 1 aliphatic heterocycles. The van der Waals surface area contributed by atoms with E-state index in [0.29, 0.717) is 12.2 Å². The lowest BCUT2D eigenvalue weighted by Crippen LogP contribution is -2.31. The molecule has 2 atom stereocenters. The molecule has 0 radical (unpaired) electrons. The first-order valence-electron chi connectivity index (χ1n) is 9.04. The van der Waals surface area contributed by atoms with Gasteiger partial charge in [-0.2, -0.15) is 5.10 Å². The molecule has 1 fully saturated rings. The summed E-state index contributed by atoms with van der Waals surface area (Å²) in [5.41, 5.74) is 3.39. The van der Waals surface area contributed by atoms with Gasteiger partial charge in [0.25, 0.3) is 5.91 Å². The van der Waals surface area contributed by atoms with E-state index in [-0.39, 0.29) is 18.4 Å². The van der Waals surface area contributed by atoms with Gasteiger partial charge < -0.3 is 10.0 Å². The van der Waals surface area contributed by atoms with Crippen LogP contribution in [0.25, 0.3) is 0 Å². The molecule has 2 aliphatic rings. The van der Waals surface area contributed by atoms with Crippen LogP contribution in [0, 0.1) is 5.92 Å². The van der Waals surface area contributed by atoms with E-state index in [4.69, 9.17) is 0 Å². The summed E-state index contributed by atoms with van der Waals surface area (Å²) in [6.07, 6.45) is 5.65. The molecule has 0 unspecified atom stereocenters. The van der Waals surface area contributed by atoms with E-state index in [9.17, 15) is 14.7 Å². The summed E-state index contributed by atoms with van der Waals surface area (Å²) in [7, 11) is 1.88. The van der Waals surface area contributed by atoms with Crippen LogP contribution in [-0.4, -0.2) is 49.7 Å². The number of carboxylic acids is 1. The number of aliphatic carboxylic acids is 1. The van der Waals surface area contributed by atoms with Crippen LogP contribution in [0.4, 0.5) is 0 Å². The van der Waals surface area contributed by atoms with Gasteiger partial charge in [-0.15, -0.1) is 0 Å². The topological polar surface area (TPSA) is 88.3 Å². The van der Waals surface area contributed by atoms with Gasteiger partial charge in [0.1, 0.15) is 0 Å². The first-order valence-corrected chi connectivity index (χ1v) is 9.04. The number of hydrogen-bond acceptors (Lipinski definition) is 4. The van der Waals surface area contributed by atoms with Crippen LogP contribution in [-0.2, 0) is 24.7 Å². The Labute approximate surface area is 151 Å². The second-order valence-corrected chi connectivity index (χ2v) is 7.12. The monoisotopic (exact) mass is 354 g/mol. The lowest BCUT2D eigenvalue weighted by atomic mass is 9.93. The molecule has 1 N–H and O–H groups in total. The molecule has 1 amide bonds. The normalized spacial score (nSPS) is 22.3. The second-order valence-electron chi connectivity index (χ2n) is 7.12. The maximum absolute atomic E-state index is 13.1. The fourth-order valence-corrected chi connectivity index (χ4v) is 4.21. The second kappa shape index (κ2) is 6.55. The highest BCUT2D eigenvalue weighted by Crippen LogP contribution is 2.33. The van der Waals surface area contributed by atoms with Crippen LogP contribution < -0.4 is 0 Å². The number of hydrogen-bond donors (Lipinski definition) is 1. The van der Waals surface area contributed by atoms with Crippen molar-refractivity contribution in [1.82, 2.24) is 19.7 Å². The summed E-state index contributed by atoms with van der Waals surface area (Å²) >= 11 is 0. The van der Waals surface area contributed by atoms with Gasteiger partial charge in [0.15, 0.2) is 5.69 Å². The average molecular weight is 354 g/mol. The number of aromatic nitrogens is 3. The standard InChI is InChI=1S/C19H22N4O3/c1-22-16-8-3-2-6-12(16)17(21-22)18(24)23-10-13(14(11-23)19(25)26)15-7-4-5-9-20-15/h4-5,7,9,13-14H,2-3,6,8,10-11H2,1H3,(H,25,26)/t13-,14-/m1/s1. The van der Waals surface area contributed by atoms with Crippen molar-refractivity contribution in [3.8, 4) is 0 Å². The van der Waals surface area contributed by atoms with Crippen LogP contribution in [0.15, 0.2) is 24.4 Å². The van der Waals surface area contributed by atoms with E-state index >= 15 is 0 Å². The summed E-state index contributed by atoms with van der Waals surface area (Å²) in [5.74, 6) is -1.99. The van der Waals surface area contributed by atoms with Crippen LogP contribution in [0.2, 0.25) is 0 Å². The summed E-state index contributed by atoms with van der Waals surface area (Å²) in [5, 5.41) is 14.1. The highest BCUT2D eigenvalue weighted by molar-refractivity contribution is 5.95. The Hall–Kier alpha value is -2.70. The smallest absolute Gasteiger partial charge is 0.309 e. The van der Waals surface area contributed by atoms with Crippen molar-refractivity contribution < 1.29 is 14.7 Å². The number of carbonyl (C=O) groups is 2. The van der Waals surface area contributed by atoms with Gasteiger partial charge in [0, 0.05) is 49.2 Å². The number of amides is 1. The van der Waals surface area contributed by atoms with Crippen molar-refractivity contribution in [1.29, 1.82) is 0 Å². The third-order valence-corrected chi connectivity index (χ3v) is 5.56. The van der Waals surface area contributed by atoms with E-state index < -0.39 is 11.9 Å². The molecular weight excluding hydrogens is 332 g/mol. The largest absolute Gasteiger partial charge is 0.481 e. The minimum Gasteiger partial charge on any atom is -0.481 e. The third kappa shape index (κ3) is 2.77. The number of carbonyl (C=O) groups excluding carboxylic acids is 1. The quantitative estimate of drug-likeness (QED) is 0.905. The molecule has 7 nitrogen and oxygen atoms in total. The van der Waals surface area contributed by atoms with E-state index in [1.807, 2.05) is 23.9 Å². The maximum atomic E-state index is 13.1. The predicted molar refractivity (Wildman–Crippen MR) is 93.9 cm³/mol. The molecule has 0 saturated carbocycles. The van der Waals surface area contributed by atoms with Crippen LogP contribution in [0.3, 0.4) is 0 Å². The molecule has 4 rings (SSSR count). The summed E-state index contributed by atoms with van der Waals surface area (Å²) in [6.45, 7) is 0.554. The van der Waals surface area contributed by atoms with Gasteiger partial charge in [0.05, 0.1) is 5.92 Å². The Morgan fingerprint density at radius 2 is 2.00 bits per heavy atom. The number of fused-ring (bicyclic) bond motifs is 1. The van der Waals surface area contributed by atoms with Crippen LogP contribution in [0.1, 0.15) is 46.2 Å². The number of carboxylic acid groups (broad SMARTS) is 1. The number of pyridine rings is 1. The molecule has 0 bridgehead atoms. The lowest BCUT2D eigenvalue weighted by molar-refractivity contribution is -0.141. The first kappa shape index (κ1) is 16.8. The van der Waals surface area contributed by atoms with E-state index in [1.54, 1.807) is 17.2 Å². The SMILES string of the molecule is Cn1nc(C(=O)N2C[C@@H](C(=O)O)[C@H](c3ccccn3)C2)c2c1CCCC2. The predicted octanol–water partition coefficient (Wildman–Crippen LogP) is 1.63. The van der Waals surface area contributed by atoms with Gasteiger partial charge in [0.2, 0.25) is 0 Å². The number of rotatable bonds is 3. The first-order chi connectivity index (χ1) is 12.6. The van der Waals surface area contributed by atoms with Gasteiger partial charge in [-0.3, -0.25) is 19.3 Å². The van der Waals surface area contributed by atoms with Crippen LogP contribution >= 0.6 is 0 Å². The van der Waals surface area contributed by atoms with E-state index in [1.165, 1.54) is 0 Å². The van der Waals surface area contributed by atoms with Gasteiger partial charge >= 0.3 is 5.97 Å². The maximum Gasteiger partial charge on any atom is 0.309 e. The highest BCUT2D eigenvalue weighted by atomic mass is 16.4. The number of nitrogens with zero attached hydrogens (tertiary/aromatic N) is 4. The Balaban J connectivity index is 1.63. The molecule has 1 saturated heterocycles.